The smallest absolute Gasteiger partial charge is 0.286 e. The lowest BCUT2D eigenvalue weighted by Gasteiger charge is -2.11. The molecule has 0 spiro atoms. The molecule has 2 aromatic rings. The molecule has 1 aliphatic rings. The number of benzene rings is 2. The van der Waals surface area contributed by atoms with Gasteiger partial charge in [0.15, 0.2) is 10.9 Å². The fraction of sp³-hybridized carbons (Fsp3) is 0.105. The Hall–Kier alpha value is -2.35. The maximum atomic E-state index is 13.0. The van der Waals surface area contributed by atoms with E-state index in [0.717, 1.165) is 17.3 Å². The van der Waals surface area contributed by atoms with Crippen LogP contribution in [0.4, 0.5) is 4.39 Å². The summed E-state index contributed by atoms with van der Waals surface area (Å²) in [5, 5.41) is 3.22. The van der Waals surface area contributed by atoms with Crippen LogP contribution in [0.1, 0.15) is 18.1 Å². The normalized spacial score (nSPS) is 14.9. The molecule has 3 rings (SSSR count). The largest absolute Gasteiger partial charge is 0.486 e. The van der Waals surface area contributed by atoms with Gasteiger partial charge in [0.1, 0.15) is 12.4 Å². The minimum atomic E-state index is -0.461. The highest BCUT2D eigenvalue weighted by molar-refractivity contribution is 8.18. The molecule has 28 heavy (non-hydrogen) atoms. The summed E-state index contributed by atoms with van der Waals surface area (Å²) in [4.78, 5) is 27.1. The molecule has 1 heterocycles. The summed E-state index contributed by atoms with van der Waals surface area (Å²) >= 11 is 13.6. The van der Waals surface area contributed by atoms with Gasteiger partial charge in [0, 0.05) is 6.92 Å². The number of ether oxygens (including phenoxy) is 1. The van der Waals surface area contributed by atoms with Crippen LogP contribution >= 0.6 is 35.0 Å². The molecule has 0 atom stereocenters. The number of nitrogens with zero attached hydrogens (tertiary/aromatic N) is 1. The number of hydrogen-bond acceptors (Lipinski definition) is 4. The van der Waals surface area contributed by atoms with Gasteiger partial charge in [-0.1, -0.05) is 35.3 Å². The third-order valence-electron chi connectivity index (χ3n) is 3.52. The first-order valence-electron chi connectivity index (χ1n) is 7.98. The van der Waals surface area contributed by atoms with E-state index in [9.17, 15) is 14.0 Å². The van der Waals surface area contributed by atoms with Crippen molar-refractivity contribution in [3.63, 3.8) is 0 Å². The van der Waals surface area contributed by atoms with Crippen molar-refractivity contribution >= 4 is 58.0 Å². The average molecular weight is 439 g/mol. The van der Waals surface area contributed by atoms with Crippen LogP contribution in [0.5, 0.6) is 5.75 Å². The molecule has 0 unspecified atom stereocenters. The van der Waals surface area contributed by atoms with Gasteiger partial charge in [-0.05, 0) is 53.2 Å². The summed E-state index contributed by atoms with van der Waals surface area (Å²) in [6.45, 7) is 1.50. The molecule has 0 saturated carbocycles. The van der Waals surface area contributed by atoms with E-state index in [-0.39, 0.29) is 39.3 Å². The van der Waals surface area contributed by atoms with Crippen LogP contribution in [0.25, 0.3) is 6.08 Å². The topological polar surface area (TPSA) is 67.8 Å². The van der Waals surface area contributed by atoms with Crippen molar-refractivity contribution in [1.29, 1.82) is 0 Å². The Labute approximate surface area is 174 Å². The maximum absolute atomic E-state index is 13.0. The molecule has 0 aliphatic carbocycles. The number of rotatable bonds is 4. The van der Waals surface area contributed by atoms with Gasteiger partial charge in [0.25, 0.3) is 5.91 Å². The van der Waals surface area contributed by atoms with Crippen LogP contribution < -0.4 is 10.1 Å². The number of carbonyl (C=O) groups excluding carboxylic acids is 2. The van der Waals surface area contributed by atoms with Crippen LogP contribution in [-0.2, 0) is 16.2 Å². The summed E-state index contributed by atoms with van der Waals surface area (Å²) in [7, 11) is 0. The fourth-order valence-electron chi connectivity index (χ4n) is 2.30. The predicted octanol–water partition coefficient (Wildman–Crippen LogP) is 4.82. The summed E-state index contributed by atoms with van der Waals surface area (Å²) < 4.78 is 18.6. The monoisotopic (exact) mass is 438 g/mol. The van der Waals surface area contributed by atoms with E-state index < -0.39 is 5.91 Å². The van der Waals surface area contributed by atoms with Gasteiger partial charge in [0.05, 0.1) is 15.0 Å². The first-order valence-corrected chi connectivity index (χ1v) is 9.55. The number of thioether (sulfide) groups is 1. The lowest BCUT2D eigenvalue weighted by molar-refractivity contribution is -0.117. The van der Waals surface area contributed by atoms with Gasteiger partial charge in [0.2, 0.25) is 5.91 Å². The first kappa shape index (κ1) is 20.4. The summed E-state index contributed by atoms with van der Waals surface area (Å²) in [5.41, 5.74) is 1.34. The molecular weight excluding hydrogens is 426 g/mol. The van der Waals surface area contributed by atoms with Crippen molar-refractivity contribution in [2.75, 3.05) is 0 Å². The Morgan fingerprint density at radius 3 is 2.50 bits per heavy atom. The van der Waals surface area contributed by atoms with E-state index in [1.54, 1.807) is 30.3 Å². The van der Waals surface area contributed by atoms with Gasteiger partial charge in [-0.25, -0.2) is 4.39 Å². The highest BCUT2D eigenvalue weighted by atomic mass is 35.5. The Balaban J connectivity index is 1.74. The van der Waals surface area contributed by atoms with E-state index >= 15 is 0 Å². The van der Waals surface area contributed by atoms with Crippen LogP contribution in [0, 0.1) is 5.82 Å². The number of amidine groups is 1. The van der Waals surface area contributed by atoms with Crippen molar-refractivity contribution in [2.24, 2.45) is 4.99 Å². The number of halogens is 3. The van der Waals surface area contributed by atoms with Crippen molar-refractivity contribution in [2.45, 2.75) is 13.5 Å². The number of hydrogen-bond donors (Lipinski definition) is 1. The molecule has 0 bridgehead atoms. The molecule has 0 radical (unpaired) electrons. The molecule has 2 aromatic carbocycles. The van der Waals surface area contributed by atoms with Crippen LogP contribution in [0.3, 0.4) is 0 Å². The fourth-order valence-corrected chi connectivity index (χ4v) is 3.77. The Morgan fingerprint density at radius 1 is 1.25 bits per heavy atom. The third kappa shape index (κ3) is 5.13. The molecule has 2 amide bonds. The summed E-state index contributed by atoms with van der Waals surface area (Å²) in [5.74, 6) is -0.816. The molecule has 0 aromatic heterocycles. The van der Waals surface area contributed by atoms with Crippen molar-refractivity contribution < 1.29 is 18.7 Å². The zero-order valence-corrected chi connectivity index (χ0v) is 16.8. The van der Waals surface area contributed by atoms with Crippen LogP contribution in [0.15, 0.2) is 46.3 Å². The van der Waals surface area contributed by atoms with Gasteiger partial charge in [-0.15, -0.1) is 0 Å². The second-order valence-electron chi connectivity index (χ2n) is 5.74. The van der Waals surface area contributed by atoms with Crippen molar-refractivity contribution in [1.82, 2.24) is 5.32 Å². The SMILES string of the molecule is CC(=O)NC1=NC(=O)C(=Cc2cc(Cl)c(OCc3ccc(F)cc3)c(Cl)c2)S1. The quantitative estimate of drug-likeness (QED) is 0.694. The summed E-state index contributed by atoms with van der Waals surface area (Å²) in [6.07, 6.45) is 1.58. The molecule has 5 nitrogen and oxygen atoms in total. The van der Waals surface area contributed by atoms with E-state index in [2.05, 4.69) is 10.3 Å². The Kier molecular flexibility index (Phi) is 6.39. The molecule has 9 heteroatoms. The third-order valence-corrected chi connectivity index (χ3v) is 4.98. The predicted molar refractivity (Wildman–Crippen MR) is 109 cm³/mol. The highest BCUT2D eigenvalue weighted by Crippen LogP contribution is 2.36. The van der Waals surface area contributed by atoms with Gasteiger partial charge in [-0.2, -0.15) is 4.99 Å². The second kappa shape index (κ2) is 8.77. The lowest BCUT2D eigenvalue weighted by Crippen LogP contribution is -2.23. The minimum absolute atomic E-state index is 0.169. The molecule has 144 valence electrons. The van der Waals surface area contributed by atoms with Crippen molar-refractivity contribution in [3.05, 3.63) is 68.3 Å². The molecule has 1 N–H and O–H groups in total. The number of carbonyl (C=O) groups is 2. The molecule has 1 aliphatic heterocycles. The van der Waals surface area contributed by atoms with E-state index in [0.29, 0.717) is 10.5 Å². The van der Waals surface area contributed by atoms with Crippen LogP contribution in [0.2, 0.25) is 10.0 Å². The zero-order valence-electron chi connectivity index (χ0n) is 14.5. The zero-order chi connectivity index (χ0) is 20.3. The van der Waals surface area contributed by atoms with Crippen molar-refractivity contribution in [3.8, 4) is 5.75 Å². The van der Waals surface area contributed by atoms with E-state index in [1.165, 1.54) is 19.1 Å². The lowest BCUT2D eigenvalue weighted by atomic mass is 10.2. The average Bonchev–Trinajstić information content (AvgIpc) is 2.94. The number of amides is 2. The Morgan fingerprint density at radius 2 is 1.89 bits per heavy atom. The molecular formula is C19H13Cl2FN2O3S. The summed E-state index contributed by atoms with van der Waals surface area (Å²) in [6, 6.07) is 9.09. The van der Waals surface area contributed by atoms with Gasteiger partial charge in [-0.3, -0.25) is 9.59 Å². The van der Waals surface area contributed by atoms with E-state index in [4.69, 9.17) is 27.9 Å². The first-order chi connectivity index (χ1) is 13.3. The maximum Gasteiger partial charge on any atom is 0.286 e. The van der Waals surface area contributed by atoms with E-state index in [1.807, 2.05) is 0 Å². The second-order valence-corrected chi connectivity index (χ2v) is 7.59. The molecule has 0 saturated heterocycles. The van der Waals surface area contributed by atoms with Gasteiger partial charge >= 0.3 is 0 Å². The number of aliphatic imine (C=N–C) groups is 1. The van der Waals surface area contributed by atoms with Crippen LogP contribution in [-0.4, -0.2) is 17.0 Å². The number of nitrogens with one attached hydrogen (secondary N) is 1. The minimum Gasteiger partial charge on any atom is -0.486 e. The Bertz CT molecular complexity index is 984. The highest BCUT2D eigenvalue weighted by Gasteiger charge is 2.23. The van der Waals surface area contributed by atoms with Gasteiger partial charge < -0.3 is 10.1 Å². The molecule has 0 fully saturated rings. The standard InChI is InChI=1S/C19H13Cl2FN2O3S/c1-10(25)23-19-24-18(26)16(28-19)8-12-6-14(20)17(15(21)7-12)27-9-11-2-4-13(22)5-3-11/h2-8H,9H2,1H3,(H,23,24,25,26).